The first-order valence-corrected chi connectivity index (χ1v) is 9.36. The fourth-order valence-corrected chi connectivity index (χ4v) is 3.20. The summed E-state index contributed by atoms with van der Waals surface area (Å²) in [6.45, 7) is -0.0539. The predicted octanol–water partition coefficient (Wildman–Crippen LogP) is 1.04. The number of hydrogen-bond donors (Lipinski definition) is 3. The number of rotatable bonds is 5. The first-order valence-electron chi connectivity index (χ1n) is 9.36. The van der Waals surface area contributed by atoms with Crippen LogP contribution in [0.4, 0.5) is 20.2 Å². The van der Waals surface area contributed by atoms with Crippen molar-refractivity contribution >= 4 is 23.2 Å². The van der Waals surface area contributed by atoms with Gasteiger partial charge in [0.1, 0.15) is 11.6 Å². The number of benzene rings is 2. The molecular formula is C20H16F2N4O6. The predicted molar refractivity (Wildman–Crippen MR) is 106 cm³/mol. The van der Waals surface area contributed by atoms with Crippen LogP contribution < -0.4 is 16.0 Å². The summed E-state index contributed by atoms with van der Waals surface area (Å²) in [5, 5.41) is 16.4. The Kier molecular flexibility index (Phi) is 5.79. The van der Waals surface area contributed by atoms with Gasteiger partial charge in [0.25, 0.3) is 11.8 Å². The molecule has 1 fully saturated rings. The smallest absolute Gasteiger partial charge is 0.380 e. The number of aliphatic hydroxyl groups is 1. The van der Waals surface area contributed by atoms with Crippen LogP contribution in [-0.4, -0.2) is 52.4 Å². The monoisotopic (exact) mass is 446 g/mol. The molecule has 3 N–H and O–H groups in total. The first kappa shape index (κ1) is 21.3. The summed E-state index contributed by atoms with van der Waals surface area (Å²) in [6.07, 6.45) is -3.44. The van der Waals surface area contributed by atoms with Gasteiger partial charge in [-0.15, -0.1) is 0 Å². The van der Waals surface area contributed by atoms with Gasteiger partial charge in [-0.25, -0.2) is 13.6 Å². The summed E-state index contributed by atoms with van der Waals surface area (Å²) >= 11 is 0. The summed E-state index contributed by atoms with van der Waals surface area (Å²) in [6, 6.07) is 8.66. The van der Waals surface area contributed by atoms with E-state index in [1.807, 2.05) is 0 Å². The van der Waals surface area contributed by atoms with Crippen LogP contribution in [0.3, 0.4) is 0 Å². The maximum atomic E-state index is 13.5. The molecule has 2 aromatic carbocycles. The van der Waals surface area contributed by atoms with E-state index in [1.165, 1.54) is 24.3 Å². The van der Waals surface area contributed by atoms with Gasteiger partial charge in [-0.3, -0.25) is 19.1 Å². The van der Waals surface area contributed by atoms with Gasteiger partial charge in [-0.2, -0.15) is 0 Å². The molecule has 166 valence electrons. The van der Waals surface area contributed by atoms with Crippen molar-refractivity contribution in [2.45, 2.75) is 12.2 Å². The number of hydrogen-bond acceptors (Lipinski definition) is 7. The van der Waals surface area contributed by atoms with E-state index in [2.05, 4.69) is 20.0 Å². The number of halogens is 2. The molecule has 2 atom stereocenters. The second-order valence-electron chi connectivity index (χ2n) is 6.86. The van der Waals surface area contributed by atoms with E-state index in [9.17, 15) is 28.3 Å². The van der Waals surface area contributed by atoms with Crippen molar-refractivity contribution in [2.75, 3.05) is 23.4 Å². The summed E-state index contributed by atoms with van der Waals surface area (Å²) in [5.74, 6) is -3.98. The van der Waals surface area contributed by atoms with Crippen LogP contribution in [0.2, 0.25) is 0 Å². The molecule has 2 heterocycles. The maximum Gasteiger partial charge on any atom is 0.439 e. The van der Waals surface area contributed by atoms with Gasteiger partial charge < -0.3 is 20.1 Å². The van der Waals surface area contributed by atoms with Crippen LogP contribution in [0, 0.1) is 11.6 Å². The average Bonchev–Trinajstić information content (AvgIpc) is 3.19. The largest absolute Gasteiger partial charge is 0.439 e. The molecule has 10 nitrogen and oxygen atoms in total. The Balaban J connectivity index is 1.44. The van der Waals surface area contributed by atoms with Crippen molar-refractivity contribution < 1.29 is 32.7 Å². The number of H-pyrrole nitrogens is 1. The lowest BCUT2D eigenvalue weighted by molar-refractivity contribution is -0.150. The fraction of sp³-hybridized carbons (Fsp3) is 0.200. The van der Waals surface area contributed by atoms with Crippen molar-refractivity contribution in [3.63, 3.8) is 0 Å². The van der Waals surface area contributed by atoms with E-state index >= 15 is 0 Å². The number of carbonyl (C=O) groups excluding carboxylic acids is 2. The molecule has 1 aliphatic heterocycles. The Morgan fingerprint density at radius 2 is 1.88 bits per heavy atom. The zero-order valence-electron chi connectivity index (χ0n) is 16.2. The topological polar surface area (TPSA) is 138 Å². The number of carbonyl (C=O) groups is 2. The molecular weight excluding hydrogens is 430 g/mol. The highest BCUT2D eigenvalue weighted by atomic mass is 19.1. The standard InChI is InChI=1S/C20H16F2N4O6/c21-11-7-12(22)9-14(8-11)26-5-6-31-16(19(26)29)15(27)18(28)23-13-3-1-10(2-4-13)17-24-20(30)32-25-17/h1-4,7-9,15-16,27H,5-6H2,(H,23,28)(H,24,25,30)/t15-,16-/m1/s1. The van der Waals surface area contributed by atoms with Crippen molar-refractivity contribution in [1.29, 1.82) is 0 Å². The first-order chi connectivity index (χ1) is 15.3. The molecule has 1 saturated heterocycles. The number of amides is 2. The number of nitrogens with zero attached hydrogens (tertiary/aromatic N) is 2. The lowest BCUT2D eigenvalue weighted by Crippen LogP contribution is -2.55. The third kappa shape index (κ3) is 4.40. The summed E-state index contributed by atoms with van der Waals surface area (Å²) in [4.78, 5) is 39.6. The molecule has 0 spiro atoms. The van der Waals surface area contributed by atoms with Crippen LogP contribution >= 0.6 is 0 Å². The minimum Gasteiger partial charge on any atom is -0.380 e. The van der Waals surface area contributed by atoms with Crippen LogP contribution in [-0.2, 0) is 14.3 Å². The van der Waals surface area contributed by atoms with Gasteiger partial charge in [0.2, 0.25) is 0 Å². The van der Waals surface area contributed by atoms with Gasteiger partial charge >= 0.3 is 5.76 Å². The lowest BCUT2D eigenvalue weighted by Gasteiger charge is -2.34. The van der Waals surface area contributed by atoms with Crippen LogP contribution in [0.15, 0.2) is 51.8 Å². The molecule has 0 unspecified atom stereocenters. The van der Waals surface area contributed by atoms with E-state index in [-0.39, 0.29) is 30.4 Å². The third-order valence-electron chi connectivity index (χ3n) is 4.70. The molecule has 0 bridgehead atoms. The highest BCUT2D eigenvalue weighted by molar-refractivity contribution is 6.03. The lowest BCUT2D eigenvalue weighted by atomic mass is 10.1. The Morgan fingerprint density at radius 3 is 2.50 bits per heavy atom. The highest BCUT2D eigenvalue weighted by Crippen LogP contribution is 2.23. The van der Waals surface area contributed by atoms with Crippen LogP contribution in [0.5, 0.6) is 0 Å². The average molecular weight is 446 g/mol. The van der Waals surface area contributed by atoms with E-state index < -0.39 is 41.4 Å². The van der Waals surface area contributed by atoms with Crippen LogP contribution in [0.25, 0.3) is 11.4 Å². The quantitative estimate of drug-likeness (QED) is 0.532. The molecule has 4 rings (SSSR count). The molecule has 0 radical (unpaired) electrons. The number of aromatic amines is 1. The number of anilines is 2. The second-order valence-corrected chi connectivity index (χ2v) is 6.86. The third-order valence-corrected chi connectivity index (χ3v) is 4.70. The second kappa shape index (κ2) is 8.69. The van der Waals surface area contributed by atoms with Gasteiger partial charge in [0.05, 0.1) is 6.61 Å². The number of nitrogens with one attached hydrogen (secondary N) is 2. The molecule has 1 aromatic heterocycles. The van der Waals surface area contributed by atoms with Gasteiger partial charge in [-0.05, 0) is 36.4 Å². The van der Waals surface area contributed by atoms with Gasteiger partial charge in [0, 0.05) is 29.5 Å². The molecule has 32 heavy (non-hydrogen) atoms. The van der Waals surface area contributed by atoms with Crippen LogP contribution in [0.1, 0.15) is 0 Å². The summed E-state index contributed by atoms with van der Waals surface area (Å²) < 4.78 is 36.7. The molecule has 2 amide bonds. The van der Waals surface area contributed by atoms with E-state index in [0.717, 1.165) is 17.0 Å². The van der Waals surface area contributed by atoms with E-state index in [1.54, 1.807) is 0 Å². The SMILES string of the molecule is O=C(Nc1ccc(-c2noc(=O)[nH]2)cc1)[C@H](O)[C@H]1OCCN(c2cc(F)cc(F)c2)C1=O. The number of ether oxygens (including phenoxy) is 1. The highest BCUT2D eigenvalue weighted by Gasteiger charge is 2.39. The molecule has 3 aromatic rings. The van der Waals surface area contributed by atoms with E-state index in [0.29, 0.717) is 11.6 Å². The van der Waals surface area contributed by atoms with Crippen molar-refractivity contribution in [3.8, 4) is 11.4 Å². The van der Waals surface area contributed by atoms with Crippen molar-refractivity contribution in [2.24, 2.45) is 0 Å². The zero-order valence-corrected chi connectivity index (χ0v) is 16.2. The summed E-state index contributed by atoms with van der Waals surface area (Å²) in [5.41, 5.74) is 0.754. The number of aromatic nitrogens is 2. The van der Waals surface area contributed by atoms with Gasteiger partial charge in [0.15, 0.2) is 18.0 Å². The Morgan fingerprint density at radius 1 is 1.19 bits per heavy atom. The normalized spacial score (nSPS) is 17.3. The number of aliphatic hydroxyl groups excluding tert-OH is 1. The Hall–Kier alpha value is -3.90. The molecule has 12 heteroatoms. The molecule has 0 aliphatic carbocycles. The van der Waals surface area contributed by atoms with Crippen molar-refractivity contribution in [1.82, 2.24) is 10.1 Å². The minimum atomic E-state index is -1.88. The van der Waals surface area contributed by atoms with E-state index in [4.69, 9.17) is 4.74 Å². The maximum absolute atomic E-state index is 13.5. The minimum absolute atomic E-state index is 0.00182. The molecule has 1 aliphatic rings. The fourth-order valence-electron chi connectivity index (χ4n) is 3.20. The zero-order chi connectivity index (χ0) is 22.8. The molecule has 0 saturated carbocycles. The number of morpholine rings is 1. The summed E-state index contributed by atoms with van der Waals surface area (Å²) in [7, 11) is 0. The Bertz CT molecular complexity index is 1190. The Labute approximate surface area is 178 Å². The van der Waals surface area contributed by atoms with Gasteiger partial charge in [-0.1, -0.05) is 5.16 Å². The van der Waals surface area contributed by atoms with Crippen molar-refractivity contribution in [3.05, 3.63) is 64.6 Å².